The van der Waals surface area contributed by atoms with Crippen LogP contribution in [0.1, 0.15) is 46.4 Å². The van der Waals surface area contributed by atoms with Gasteiger partial charge < -0.3 is 4.90 Å². The smallest absolute Gasteiger partial charge is 0.205 e. The molecule has 1 fully saturated rings. The molecule has 1 aliphatic rings. The predicted molar refractivity (Wildman–Crippen MR) is 81.9 cm³/mol. The summed E-state index contributed by atoms with van der Waals surface area (Å²) in [4.78, 5) is 7.71. The van der Waals surface area contributed by atoms with Crippen LogP contribution < -0.4 is 4.90 Å². The fourth-order valence-electron chi connectivity index (χ4n) is 2.20. The summed E-state index contributed by atoms with van der Waals surface area (Å²) in [6, 6.07) is 0. The van der Waals surface area contributed by atoms with E-state index < -0.39 is 0 Å². The van der Waals surface area contributed by atoms with Gasteiger partial charge in [-0.05, 0) is 18.8 Å². The molecule has 0 aliphatic carbocycles. The first-order chi connectivity index (χ1) is 8.38. The van der Waals surface area contributed by atoms with Crippen molar-refractivity contribution in [1.82, 2.24) is 9.36 Å². The molecule has 1 unspecified atom stereocenters. The average molecular weight is 332 g/mol. The number of alkyl halides is 1. The van der Waals surface area contributed by atoms with Gasteiger partial charge in [0.1, 0.15) is 5.82 Å². The number of hydrogen-bond acceptors (Lipinski definition) is 4. The molecule has 1 aromatic heterocycles. The summed E-state index contributed by atoms with van der Waals surface area (Å²) < 4.78 is 4.50. The molecule has 0 spiro atoms. The first kappa shape index (κ1) is 14.3. The normalized spacial score (nSPS) is 20.2. The minimum atomic E-state index is 0.0530. The third-order valence-corrected chi connectivity index (χ3v) is 5.07. The average Bonchev–Trinajstić information content (AvgIpc) is 2.78. The molecule has 0 radical (unpaired) electrons. The SMILES string of the molecule is CC(Br)C1CCN(c2nc(C(C)(C)C)ns2)CC1. The molecule has 18 heavy (non-hydrogen) atoms. The molecule has 1 saturated heterocycles. The minimum Gasteiger partial charge on any atom is -0.347 e. The number of aromatic nitrogens is 2. The molecular formula is C13H22BrN3S. The Morgan fingerprint density at radius 3 is 2.39 bits per heavy atom. The fourth-order valence-corrected chi connectivity index (χ4v) is 3.64. The van der Waals surface area contributed by atoms with Crippen molar-refractivity contribution in [3.05, 3.63) is 5.82 Å². The van der Waals surface area contributed by atoms with Gasteiger partial charge in [0.25, 0.3) is 0 Å². The molecule has 0 amide bonds. The Kier molecular flexibility index (Phi) is 4.32. The molecule has 1 aliphatic heterocycles. The van der Waals surface area contributed by atoms with Crippen molar-refractivity contribution in [2.45, 2.75) is 50.8 Å². The topological polar surface area (TPSA) is 29.0 Å². The van der Waals surface area contributed by atoms with Crippen LogP contribution in [0.25, 0.3) is 0 Å². The van der Waals surface area contributed by atoms with Gasteiger partial charge in [-0.15, -0.1) is 0 Å². The molecule has 0 bridgehead atoms. The lowest BCUT2D eigenvalue weighted by molar-refractivity contribution is 0.406. The van der Waals surface area contributed by atoms with Crippen molar-refractivity contribution < 1.29 is 0 Å². The molecule has 0 N–H and O–H groups in total. The Hall–Kier alpha value is -0.160. The summed E-state index contributed by atoms with van der Waals surface area (Å²) in [6.45, 7) is 11.0. The molecule has 0 saturated carbocycles. The van der Waals surface area contributed by atoms with Crippen LogP contribution in [0.3, 0.4) is 0 Å². The van der Waals surface area contributed by atoms with E-state index in [4.69, 9.17) is 4.98 Å². The van der Waals surface area contributed by atoms with Gasteiger partial charge >= 0.3 is 0 Å². The zero-order valence-corrected chi connectivity index (χ0v) is 14.0. The van der Waals surface area contributed by atoms with E-state index in [1.807, 2.05) is 0 Å². The lowest BCUT2D eigenvalue weighted by Crippen LogP contribution is -2.35. The lowest BCUT2D eigenvalue weighted by atomic mass is 9.94. The number of nitrogens with zero attached hydrogens (tertiary/aromatic N) is 3. The van der Waals surface area contributed by atoms with Gasteiger partial charge in [0.15, 0.2) is 0 Å². The van der Waals surface area contributed by atoms with Crippen LogP contribution >= 0.6 is 27.5 Å². The zero-order chi connectivity index (χ0) is 13.3. The van der Waals surface area contributed by atoms with E-state index >= 15 is 0 Å². The highest BCUT2D eigenvalue weighted by atomic mass is 79.9. The first-order valence-corrected chi connectivity index (χ1v) is 8.30. The van der Waals surface area contributed by atoms with Gasteiger partial charge in [-0.3, -0.25) is 0 Å². The summed E-state index contributed by atoms with van der Waals surface area (Å²) in [5.74, 6) is 1.77. The van der Waals surface area contributed by atoms with Crippen molar-refractivity contribution in [1.29, 1.82) is 0 Å². The van der Waals surface area contributed by atoms with E-state index in [0.717, 1.165) is 30.0 Å². The van der Waals surface area contributed by atoms with Crippen molar-refractivity contribution in [3.8, 4) is 0 Å². The van der Waals surface area contributed by atoms with Crippen molar-refractivity contribution in [3.63, 3.8) is 0 Å². The Morgan fingerprint density at radius 1 is 1.33 bits per heavy atom. The molecule has 1 aromatic rings. The second-order valence-electron chi connectivity index (χ2n) is 6.15. The third kappa shape index (κ3) is 3.23. The Morgan fingerprint density at radius 2 is 1.94 bits per heavy atom. The summed E-state index contributed by atoms with van der Waals surface area (Å²) in [7, 11) is 0. The molecular weight excluding hydrogens is 310 g/mol. The highest BCUT2D eigenvalue weighted by Crippen LogP contribution is 2.30. The van der Waals surface area contributed by atoms with E-state index in [2.05, 4.69) is 52.9 Å². The van der Waals surface area contributed by atoms with Gasteiger partial charge in [0.05, 0.1) is 0 Å². The maximum absolute atomic E-state index is 4.70. The molecule has 2 heterocycles. The zero-order valence-electron chi connectivity index (χ0n) is 11.6. The quantitative estimate of drug-likeness (QED) is 0.771. The molecule has 0 aromatic carbocycles. The Balaban J connectivity index is 2.00. The second kappa shape index (κ2) is 5.45. The maximum atomic E-state index is 4.70. The maximum Gasteiger partial charge on any atom is 0.205 e. The van der Waals surface area contributed by atoms with Crippen LogP contribution in [-0.4, -0.2) is 27.3 Å². The number of piperidine rings is 1. The van der Waals surface area contributed by atoms with Crippen LogP contribution in [-0.2, 0) is 5.41 Å². The van der Waals surface area contributed by atoms with Crippen molar-refractivity contribution >= 4 is 32.6 Å². The molecule has 3 nitrogen and oxygen atoms in total. The van der Waals surface area contributed by atoms with Gasteiger partial charge in [-0.1, -0.05) is 43.6 Å². The van der Waals surface area contributed by atoms with Crippen LogP contribution in [0.4, 0.5) is 5.13 Å². The van der Waals surface area contributed by atoms with E-state index in [1.165, 1.54) is 12.8 Å². The lowest BCUT2D eigenvalue weighted by Gasteiger charge is -2.32. The van der Waals surface area contributed by atoms with Crippen molar-refractivity contribution in [2.24, 2.45) is 5.92 Å². The summed E-state index contributed by atoms with van der Waals surface area (Å²) in [6.07, 6.45) is 2.49. The number of anilines is 1. The van der Waals surface area contributed by atoms with Gasteiger partial charge in [0.2, 0.25) is 5.13 Å². The van der Waals surface area contributed by atoms with Crippen LogP contribution in [0, 0.1) is 5.92 Å². The Labute approximate surface area is 122 Å². The predicted octanol–water partition coefficient (Wildman–Crippen LogP) is 3.84. The van der Waals surface area contributed by atoms with Gasteiger partial charge in [0, 0.05) is 34.9 Å². The number of rotatable bonds is 2. The minimum absolute atomic E-state index is 0.0530. The standard InChI is InChI=1S/C13H22BrN3S/c1-9(14)10-5-7-17(8-6-10)12-15-11(16-18-12)13(2,3)4/h9-10H,5-8H2,1-4H3. The van der Waals surface area contributed by atoms with E-state index in [0.29, 0.717) is 4.83 Å². The molecule has 5 heteroatoms. The first-order valence-electron chi connectivity index (χ1n) is 6.61. The van der Waals surface area contributed by atoms with Crippen LogP contribution in [0.5, 0.6) is 0 Å². The summed E-state index contributed by atoms with van der Waals surface area (Å²) in [5.41, 5.74) is 0.0530. The van der Waals surface area contributed by atoms with Crippen LogP contribution in [0.2, 0.25) is 0 Å². The largest absolute Gasteiger partial charge is 0.347 e. The van der Waals surface area contributed by atoms with E-state index in [9.17, 15) is 0 Å². The highest BCUT2D eigenvalue weighted by molar-refractivity contribution is 9.09. The summed E-state index contributed by atoms with van der Waals surface area (Å²) in [5, 5.41) is 1.10. The van der Waals surface area contributed by atoms with Gasteiger partial charge in [-0.2, -0.15) is 4.37 Å². The van der Waals surface area contributed by atoms with Crippen LogP contribution in [0.15, 0.2) is 0 Å². The second-order valence-corrected chi connectivity index (χ2v) is 8.33. The molecule has 2 rings (SSSR count). The Bertz CT molecular complexity index is 389. The van der Waals surface area contributed by atoms with Crippen molar-refractivity contribution in [2.75, 3.05) is 18.0 Å². The highest BCUT2D eigenvalue weighted by Gasteiger charge is 2.26. The third-order valence-electron chi connectivity index (χ3n) is 3.55. The number of hydrogen-bond donors (Lipinski definition) is 0. The molecule has 1 atom stereocenters. The van der Waals surface area contributed by atoms with E-state index in [-0.39, 0.29) is 5.41 Å². The fraction of sp³-hybridized carbons (Fsp3) is 0.846. The monoisotopic (exact) mass is 331 g/mol. The summed E-state index contributed by atoms with van der Waals surface area (Å²) >= 11 is 5.24. The molecule has 102 valence electrons. The van der Waals surface area contributed by atoms with Gasteiger partial charge in [-0.25, -0.2) is 4.98 Å². The number of halogens is 1. The van der Waals surface area contributed by atoms with E-state index in [1.54, 1.807) is 11.5 Å².